The second-order valence-corrected chi connectivity index (χ2v) is 4.23. The quantitative estimate of drug-likeness (QED) is 0.482. The van der Waals surface area contributed by atoms with Gasteiger partial charge in [0.25, 0.3) is 0 Å². The Bertz CT molecular complexity index is 150. The zero-order valence-corrected chi connectivity index (χ0v) is 8.49. The number of hydrogen-bond acceptors (Lipinski definition) is 4. The third kappa shape index (κ3) is 4.64. The maximum atomic E-state index is 11.5. The van der Waals surface area contributed by atoms with Crippen molar-refractivity contribution in [1.82, 2.24) is 0 Å². The molecule has 66 valence electrons. The lowest BCUT2D eigenvalue weighted by molar-refractivity contribution is 0.223. The molecule has 0 saturated carbocycles. The van der Waals surface area contributed by atoms with Gasteiger partial charge in [0.1, 0.15) is 0 Å². The van der Waals surface area contributed by atoms with Gasteiger partial charge in [0.2, 0.25) is 0 Å². The van der Waals surface area contributed by atoms with Crippen molar-refractivity contribution in [1.29, 1.82) is 0 Å². The molecule has 0 fully saturated rings. The van der Waals surface area contributed by atoms with E-state index in [1.807, 2.05) is 0 Å². The summed E-state index contributed by atoms with van der Waals surface area (Å²) in [4.78, 5) is 0. The van der Waals surface area contributed by atoms with Crippen molar-refractivity contribution in [3.05, 3.63) is 0 Å². The van der Waals surface area contributed by atoms with Gasteiger partial charge in [-0.2, -0.15) is 0 Å². The fourth-order valence-corrected chi connectivity index (χ4v) is 2.43. The van der Waals surface area contributed by atoms with Gasteiger partial charge in [0, 0.05) is 0 Å². The molecule has 0 spiro atoms. The van der Waals surface area contributed by atoms with Crippen molar-refractivity contribution in [2.45, 2.75) is 13.8 Å². The van der Waals surface area contributed by atoms with Gasteiger partial charge in [-0.3, -0.25) is 4.57 Å². The van der Waals surface area contributed by atoms with Gasteiger partial charge >= 0.3 is 7.60 Å². The maximum absolute atomic E-state index is 11.5. The molecule has 0 aliphatic heterocycles. The van der Waals surface area contributed by atoms with Crippen molar-refractivity contribution in [2.75, 3.05) is 19.4 Å². The van der Waals surface area contributed by atoms with Crippen LogP contribution in [0.2, 0.25) is 0 Å². The Hall–Kier alpha value is 0.240. The summed E-state index contributed by atoms with van der Waals surface area (Å²) in [6.07, 6.45) is 0.212. The first-order valence-electron chi connectivity index (χ1n) is 3.50. The largest absolute Gasteiger partial charge is 0.335 e. The Kier molecular flexibility index (Phi) is 5.96. The highest BCUT2D eigenvalue weighted by Crippen LogP contribution is 2.46. The summed E-state index contributed by atoms with van der Waals surface area (Å²) in [7, 11) is -2.88. The summed E-state index contributed by atoms with van der Waals surface area (Å²) < 4.78 is 21.4. The molecule has 0 rings (SSSR count). The Morgan fingerprint density at radius 1 is 1.36 bits per heavy atom. The first-order chi connectivity index (χ1) is 5.18. The van der Waals surface area contributed by atoms with Crippen molar-refractivity contribution < 1.29 is 13.6 Å². The molecule has 0 atom stereocenters. The maximum Gasteiger partial charge on any atom is 0.335 e. The molecule has 11 heavy (non-hydrogen) atoms. The van der Waals surface area contributed by atoms with Gasteiger partial charge in [-0.1, -0.05) is 12.2 Å². The second kappa shape index (κ2) is 5.84. The van der Waals surface area contributed by atoms with Crippen molar-refractivity contribution in [3.8, 4) is 0 Å². The lowest BCUT2D eigenvalue weighted by atomic mass is 10.9. The molecule has 0 bridgehead atoms. The van der Waals surface area contributed by atoms with Crippen molar-refractivity contribution in [3.63, 3.8) is 0 Å². The highest BCUT2D eigenvalue weighted by atomic mass is 32.1. The Balaban J connectivity index is 4.01. The predicted octanol–water partition coefficient (Wildman–Crippen LogP) is 2.25. The lowest BCUT2D eigenvalue weighted by Crippen LogP contribution is -1.99. The molecule has 0 radical (unpaired) electrons. The van der Waals surface area contributed by atoms with E-state index in [4.69, 9.17) is 9.05 Å². The fraction of sp³-hybridized carbons (Fsp3) is 0.833. The van der Waals surface area contributed by atoms with Crippen LogP contribution in [0.5, 0.6) is 0 Å². The van der Waals surface area contributed by atoms with Crippen LogP contribution in [0.4, 0.5) is 0 Å². The van der Waals surface area contributed by atoms with Gasteiger partial charge in [0.15, 0.2) is 0 Å². The van der Waals surface area contributed by atoms with Gasteiger partial charge in [0.05, 0.1) is 19.4 Å². The third-order valence-electron chi connectivity index (χ3n) is 0.950. The molecule has 5 heteroatoms. The minimum atomic E-state index is -2.88. The number of hydrogen-bond donors (Lipinski definition) is 0. The van der Waals surface area contributed by atoms with E-state index in [0.29, 0.717) is 13.2 Å². The Labute approximate surface area is 72.6 Å². The van der Waals surface area contributed by atoms with E-state index in [0.717, 1.165) is 0 Å². The van der Waals surface area contributed by atoms with Crippen LogP contribution in [0.1, 0.15) is 13.8 Å². The highest BCUT2D eigenvalue weighted by molar-refractivity contribution is 7.80. The summed E-state index contributed by atoms with van der Waals surface area (Å²) in [5.41, 5.74) is 0. The van der Waals surface area contributed by atoms with Crippen molar-refractivity contribution >= 4 is 25.2 Å². The van der Waals surface area contributed by atoms with Crippen LogP contribution < -0.4 is 0 Å². The zero-order valence-electron chi connectivity index (χ0n) is 6.78. The summed E-state index contributed by atoms with van der Waals surface area (Å²) in [5, 5.41) is 1.38. The molecule has 0 N–H and O–H groups in total. The molecule has 0 aromatic carbocycles. The first-order valence-corrected chi connectivity index (χ1v) is 5.70. The SMILES string of the molecule is CCOP(=O)(CC=S)OCC. The van der Waals surface area contributed by atoms with Crippen LogP contribution in [-0.2, 0) is 13.6 Å². The zero-order chi connectivity index (χ0) is 8.74. The Morgan fingerprint density at radius 3 is 2.09 bits per heavy atom. The highest BCUT2D eigenvalue weighted by Gasteiger charge is 2.20. The fourth-order valence-electron chi connectivity index (χ4n) is 0.627. The Morgan fingerprint density at radius 2 is 1.82 bits per heavy atom. The molecule has 0 aliphatic carbocycles. The molecule has 3 nitrogen and oxygen atoms in total. The summed E-state index contributed by atoms with van der Waals surface area (Å²) >= 11 is 4.57. The van der Waals surface area contributed by atoms with E-state index < -0.39 is 7.60 Å². The topological polar surface area (TPSA) is 35.5 Å². The van der Waals surface area contributed by atoms with E-state index in [-0.39, 0.29) is 6.16 Å². The minimum absolute atomic E-state index is 0.212. The van der Waals surface area contributed by atoms with Gasteiger partial charge < -0.3 is 9.05 Å². The molecule has 0 aromatic rings. The van der Waals surface area contributed by atoms with E-state index in [1.165, 1.54) is 5.37 Å². The van der Waals surface area contributed by atoms with Crippen LogP contribution in [0.15, 0.2) is 0 Å². The number of thiocarbonyl (C=S) groups is 1. The normalized spacial score (nSPS) is 11.5. The van der Waals surface area contributed by atoms with Crippen LogP contribution in [0.25, 0.3) is 0 Å². The average molecular weight is 196 g/mol. The molecule has 0 unspecified atom stereocenters. The van der Waals surface area contributed by atoms with E-state index in [1.54, 1.807) is 13.8 Å². The van der Waals surface area contributed by atoms with Crippen molar-refractivity contribution in [2.24, 2.45) is 0 Å². The first kappa shape index (κ1) is 11.2. The molecular weight excluding hydrogens is 183 g/mol. The lowest BCUT2D eigenvalue weighted by Gasteiger charge is -2.13. The van der Waals surface area contributed by atoms with E-state index in [2.05, 4.69) is 12.2 Å². The van der Waals surface area contributed by atoms with Gasteiger partial charge in [-0.15, -0.1) is 0 Å². The summed E-state index contributed by atoms with van der Waals surface area (Å²) in [6, 6.07) is 0. The van der Waals surface area contributed by atoms with Gasteiger partial charge in [-0.05, 0) is 19.2 Å². The second-order valence-electron chi connectivity index (χ2n) is 1.80. The van der Waals surface area contributed by atoms with Crippen LogP contribution >= 0.6 is 19.8 Å². The summed E-state index contributed by atoms with van der Waals surface area (Å²) in [5.74, 6) is 0. The third-order valence-corrected chi connectivity index (χ3v) is 3.30. The van der Waals surface area contributed by atoms with Gasteiger partial charge in [-0.25, -0.2) is 0 Å². The standard InChI is InChI=1S/C6H13O3PS/c1-3-8-10(7,5-6-11)9-4-2/h6H,3-5H2,1-2H3. The molecular formula is C6H13O3PS. The molecule has 0 saturated heterocycles. The van der Waals surface area contributed by atoms with E-state index in [9.17, 15) is 4.57 Å². The summed E-state index contributed by atoms with van der Waals surface area (Å²) in [6.45, 7) is 4.32. The molecule has 0 heterocycles. The molecule has 0 amide bonds. The predicted molar refractivity (Wildman–Crippen MR) is 49.4 cm³/mol. The van der Waals surface area contributed by atoms with Crippen LogP contribution in [0, 0.1) is 0 Å². The monoisotopic (exact) mass is 196 g/mol. The smallest absolute Gasteiger partial charge is 0.309 e. The van der Waals surface area contributed by atoms with E-state index >= 15 is 0 Å². The van der Waals surface area contributed by atoms with Crippen LogP contribution in [-0.4, -0.2) is 24.7 Å². The minimum Gasteiger partial charge on any atom is -0.309 e. The molecule has 0 aromatic heterocycles. The number of rotatable bonds is 6. The average Bonchev–Trinajstić information content (AvgIpc) is 1.88. The van der Waals surface area contributed by atoms with Crippen LogP contribution in [0.3, 0.4) is 0 Å². The molecule has 0 aliphatic rings.